The molecule has 22 heteroatoms. The third-order valence-corrected chi connectivity index (χ3v) is 10.5. The van der Waals surface area contributed by atoms with Gasteiger partial charge in [0.2, 0.25) is 5.88 Å². The zero-order valence-electron chi connectivity index (χ0n) is 38.4. The van der Waals surface area contributed by atoms with Gasteiger partial charge in [0, 0.05) is 46.4 Å². The summed E-state index contributed by atoms with van der Waals surface area (Å²) in [4.78, 5) is 74.4. The number of hydrogen-bond acceptors (Lipinski definition) is 14. The molecule has 2 saturated carbocycles. The minimum absolute atomic E-state index is 0. The molecular formula is C46H50Cl4N5NaO12. The zero-order chi connectivity index (χ0) is 49.1. The molecule has 2 fully saturated rings. The van der Waals surface area contributed by atoms with Crippen LogP contribution in [0.5, 0.6) is 5.88 Å². The van der Waals surface area contributed by atoms with Crippen molar-refractivity contribution in [3.63, 3.8) is 0 Å². The Bertz CT molecular complexity index is 2470. The average Bonchev–Trinajstić information content (AvgIpc) is 4.02. The van der Waals surface area contributed by atoms with Crippen LogP contribution in [0.3, 0.4) is 0 Å². The molecule has 0 radical (unpaired) electrons. The van der Waals surface area contributed by atoms with Crippen LogP contribution in [0.15, 0.2) is 60.7 Å². The zero-order valence-corrected chi connectivity index (χ0v) is 43.4. The van der Waals surface area contributed by atoms with Crippen molar-refractivity contribution in [3.8, 4) is 5.88 Å². The maximum Gasteiger partial charge on any atom is 1.00 e. The van der Waals surface area contributed by atoms with Gasteiger partial charge < -0.3 is 35.0 Å². The summed E-state index contributed by atoms with van der Waals surface area (Å²) in [5.74, 6) is -2.47. The molecule has 0 saturated heterocycles. The first kappa shape index (κ1) is 61.0. The van der Waals surface area contributed by atoms with Crippen LogP contribution in [0.1, 0.15) is 143 Å². The van der Waals surface area contributed by atoms with Crippen molar-refractivity contribution in [2.24, 2.45) is 0 Å². The molecule has 0 unspecified atom stereocenters. The molecule has 0 atom stereocenters. The molecule has 5 aromatic heterocycles. The average molecular weight is 1030 g/mol. The molecule has 360 valence electrons. The van der Waals surface area contributed by atoms with Crippen molar-refractivity contribution in [1.29, 1.82) is 0 Å². The Kier molecular flexibility index (Phi) is 27.4. The van der Waals surface area contributed by atoms with E-state index in [1.165, 1.54) is 90.2 Å². The SMILES string of the molecule is COC(=O)c1cc(C)nc(C2CCCC2)c1.COC(=O)c1cc(C)nc(Cl)c1.COc1cc(C(=O)O)cc(Cl)n1.Cc1cc(C(=O)O)cc(C2CCCC2)n1.O=C(O)c1cc(Cl)nc(Cl)c1.[Na+].[OH-]. The van der Waals surface area contributed by atoms with Crippen molar-refractivity contribution in [2.75, 3.05) is 21.3 Å². The van der Waals surface area contributed by atoms with Crippen LogP contribution >= 0.6 is 46.4 Å². The fourth-order valence-electron chi connectivity index (χ4n) is 6.76. The number of carbonyl (C=O) groups excluding carboxylic acids is 2. The molecule has 7 rings (SSSR count). The van der Waals surface area contributed by atoms with E-state index in [0.717, 1.165) is 35.6 Å². The molecule has 5 heterocycles. The Morgan fingerprint density at radius 2 is 0.779 bits per heavy atom. The summed E-state index contributed by atoms with van der Waals surface area (Å²) in [6.45, 7) is 5.54. The molecule has 0 aliphatic heterocycles. The van der Waals surface area contributed by atoms with E-state index in [4.69, 9.17) is 71.2 Å². The number of pyridine rings is 5. The van der Waals surface area contributed by atoms with Crippen molar-refractivity contribution >= 4 is 76.3 Å². The molecule has 4 N–H and O–H groups in total. The molecule has 5 aromatic rings. The number of methoxy groups -OCH3 is 3. The number of esters is 2. The molecule has 2 aliphatic rings. The van der Waals surface area contributed by atoms with Gasteiger partial charge in [-0.2, -0.15) is 0 Å². The first-order valence-corrected chi connectivity index (χ1v) is 21.8. The molecule has 0 amide bonds. The summed E-state index contributed by atoms with van der Waals surface area (Å²) in [5, 5.41) is 26.6. The van der Waals surface area contributed by atoms with Crippen molar-refractivity contribution in [3.05, 3.63) is 138 Å². The Morgan fingerprint density at radius 1 is 0.471 bits per heavy atom. The van der Waals surface area contributed by atoms with Crippen LogP contribution in [0, 0.1) is 20.8 Å². The summed E-state index contributed by atoms with van der Waals surface area (Å²) in [6, 6.07) is 15.1. The number of nitrogens with zero attached hydrogens (tertiary/aromatic N) is 5. The number of aromatic nitrogens is 5. The number of halogens is 4. The predicted octanol–water partition coefficient (Wildman–Crippen LogP) is 7.77. The van der Waals surface area contributed by atoms with Crippen LogP contribution in [0.25, 0.3) is 0 Å². The number of rotatable bonds is 8. The van der Waals surface area contributed by atoms with E-state index in [0.29, 0.717) is 39.4 Å². The fourth-order valence-corrected chi connectivity index (χ4v) is 7.67. The minimum atomic E-state index is -1.07. The number of carbonyl (C=O) groups is 5. The maximum absolute atomic E-state index is 11.5. The molecule has 0 aromatic carbocycles. The van der Waals surface area contributed by atoms with E-state index in [9.17, 15) is 24.0 Å². The Balaban J connectivity index is 0.000000425. The largest absolute Gasteiger partial charge is 1.00 e. The molecule has 68 heavy (non-hydrogen) atoms. The van der Waals surface area contributed by atoms with Crippen LogP contribution in [0.4, 0.5) is 0 Å². The van der Waals surface area contributed by atoms with E-state index >= 15 is 0 Å². The number of carboxylic acid groups (broad SMARTS) is 3. The summed E-state index contributed by atoms with van der Waals surface area (Å²) < 4.78 is 14.0. The number of aryl methyl sites for hydroxylation is 3. The Hall–Kier alpha value is -4.98. The number of carboxylic acids is 3. The Labute approximate surface area is 435 Å². The molecule has 0 bridgehead atoms. The fraction of sp³-hybridized carbons (Fsp3) is 0.348. The maximum atomic E-state index is 11.5. The van der Waals surface area contributed by atoms with Crippen LogP contribution in [-0.2, 0) is 9.47 Å². The van der Waals surface area contributed by atoms with Crippen molar-refractivity contribution < 1.29 is 88.5 Å². The van der Waals surface area contributed by atoms with Gasteiger partial charge in [0.25, 0.3) is 0 Å². The number of aromatic carboxylic acids is 3. The van der Waals surface area contributed by atoms with Gasteiger partial charge in [0.15, 0.2) is 0 Å². The summed E-state index contributed by atoms with van der Waals surface area (Å²) in [5.41, 5.74) is 5.92. The third kappa shape index (κ3) is 20.7. The van der Waals surface area contributed by atoms with Crippen LogP contribution in [0.2, 0.25) is 20.6 Å². The smallest absolute Gasteiger partial charge is 0.870 e. The molecule has 2 aliphatic carbocycles. The van der Waals surface area contributed by atoms with E-state index in [-0.39, 0.29) is 73.5 Å². The molecule has 17 nitrogen and oxygen atoms in total. The van der Waals surface area contributed by atoms with Gasteiger partial charge in [-0.1, -0.05) is 72.1 Å². The Morgan fingerprint density at radius 3 is 1.16 bits per heavy atom. The van der Waals surface area contributed by atoms with Gasteiger partial charge in [0.05, 0.1) is 49.1 Å². The second-order valence-electron chi connectivity index (χ2n) is 14.7. The molecule has 0 spiro atoms. The first-order valence-electron chi connectivity index (χ1n) is 20.3. The van der Waals surface area contributed by atoms with Crippen LogP contribution < -0.4 is 34.3 Å². The van der Waals surface area contributed by atoms with Gasteiger partial charge >= 0.3 is 59.4 Å². The topological polar surface area (TPSA) is 268 Å². The summed E-state index contributed by atoms with van der Waals surface area (Å²) in [6.07, 6.45) is 9.70. The third-order valence-electron chi connectivity index (χ3n) is 9.74. The standard InChI is InChI=1S/C13H17NO2.C12H15NO2.C8H8ClNO2.C7H6ClNO3.C6H3Cl2NO2.Na.H2O/c1-9-7-11(13(15)16-2)8-12(14-9)10-5-3-4-6-10;1-8-6-10(12(14)15)7-11(13-8)9-4-2-3-5-9;1-5-3-6(8(11)12-2)4-7(9)10-5;1-12-6-3-4(7(10)11)2-5(8)9-6;7-4-1-3(6(10)11)2-5(8)9-4;;/h7-8,10H,3-6H2,1-2H3;6-7,9H,2-5H2,1H3,(H,14,15);3-4H,1-2H3;2-3H,1H3,(H,10,11);1-2H,(H,10,11);;1H2/q;;;;;+1;/p-1. The van der Waals surface area contributed by atoms with Gasteiger partial charge in [-0.25, -0.2) is 38.9 Å². The first-order chi connectivity index (χ1) is 31.2. The monoisotopic (exact) mass is 1030 g/mol. The second-order valence-corrected chi connectivity index (χ2v) is 16.3. The van der Waals surface area contributed by atoms with Crippen molar-refractivity contribution in [2.45, 2.75) is 84.0 Å². The van der Waals surface area contributed by atoms with Gasteiger partial charge in [-0.3, -0.25) is 9.97 Å². The summed E-state index contributed by atoms with van der Waals surface area (Å²) in [7, 11) is 4.13. The van der Waals surface area contributed by atoms with E-state index < -0.39 is 23.9 Å². The molecular weight excluding hydrogens is 979 g/mol. The predicted molar refractivity (Wildman–Crippen MR) is 250 cm³/mol. The van der Waals surface area contributed by atoms with E-state index in [1.54, 1.807) is 31.2 Å². The number of ether oxygens (including phenoxy) is 3. The normalized spacial score (nSPS) is 12.5. The minimum Gasteiger partial charge on any atom is -0.870 e. The van der Waals surface area contributed by atoms with Gasteiger partial charge in [-0.05, 0) is 101 Å². The second kappa shape index (κ2) is 30.5. The van der Waals surface area contributed by atoms with E-state index in [1.807, 2.05) is 19.9 Å². The summed E-state index contributed by atoms with van der Waals surface area (Å²) >= 11 is 22.0. The van der Waals surface area contributed by atoms with Gasteiger partial charge in [0.1, 0.15) is 20.6 Å². The number of hydrogen-bond donors (Lipinski definition) is 3. The van der Waals surface area contributed by atoms with Crippen LogP contribution in [-0.4, -0.2) is 96.9 Å². The quantitative estimate of drug-likeness (QED) is 0.0761. The van der Waals surface area contributed by atoms with Gasteiger partial charge in [-0.15, -0.1) is 0 Å². The van der Waals surface area contributed by atoms with Crippen molar-refractivity contribution in [1.82, 2.24) is 24.9 Å². The van der Waals surface area contributed by atoms with E-state index in [2.05, 4.69) is 29.7 Å².